The van der Waals surface area contributed by atoms with Gasteiger partial charge >= 0.3 is 23.9 Å². The normalized spacial score (nSPS) is 10.5. The minimum absolute atomic E-state index is 0.0944. The number of carboxylic acid groups (broad SMARTS) is 4. The van der Waals surface area contributed by atoms with Crippen molar-refractivity contribution in [1.82, 2.24) is 0 Å². The van der Waals surface area contributed by atoms with Crippen molar-refractivity contribution in [3.05, 3.63) is 57.1 Å². The molecule has 0 aliphatic heterocycles. The maximum Gasteiger partial charge on any atom is 0.336 e. The van der Waals surface area contributed by atoms with E-state index in [1.165, 1.54) is 6.07 Å². The molecule has 0 bridgehead atoms. The Kier molecular flexibility index (Phi) is 5.03. The number of hydrogen-bond donors (Lipinski definition) is 4. The molecule has 0 saturated carbocycles. The molecule has 0 unspecified atom stereocenters. The molecule has 0 saturated heterocycles. The van der Waals surface area contributed by atoms with Crippen LogP contribution in [0.5, 0.6) is 0 Å². The average Bonchev–Trinajstić information content (AvgIpc) is 2.58. The van der Waals surface area contributed by atoms with E-state index in [4.69, 9.17) is 5.11 Å². The Labute approximate surface area is 153 Å². The average molecular weight is 372 g/mol. The third kappa shape index (κ3) is 3.37. The van der Waals surface area contributed by atoms with E-state index in [2.05, 4.69) is 0 Å². The van der Waals surface area contributed by atoms with Crippen molar-refractivity contribution < 1.29 is 39.6 Å². The van der Waals surface area contributed by atoms with Gasteiger partial charge in [0.05, 0.1) is 22.3 Å². The second kappa shape index (κ2) is 6.91. The summed E-state index contributed by atoms with van der Waals surface area (Å²) in [5, 5.41) is 37.6. The van der Waals surface area contributed by atoms with Crippen molar-refractivity contribution in [2.75, 3.05) is 0 Å². The zero-order valence-corrected chi connectivity index (χ0v) is 14.7. The molecule has 0 aliphatic carbocycles. The predicted octanol–water partition coefficient (Wildman–Crippen LogP) is 3.07. The van der Waals surface area contributed by atoms with Crippen LogP contribution in [0.25, 0.3) is 11.1 Å². The highest BCUT2D eigenvalue weighted by Gasteiger charge is 2.26. The number of carbonyl (C=O) groups is 4. The van der Waals surface area contributed by atoms with Gasteiger partial charge in [-0.2, -0.15) is 0 Å². The first kappa shape index (κ1) is 19.6. The Morgan fingerprint density at radius 2 is 1.04 bits per heavy atom. The second-order valence-electron chi connectivity index (χ2n) is 6.01. The van der Waals surface area contributed by atoms with Crippen LogP contribution in [0.2, 0.25) is 0 Å². The molecular formula is C19H16O8. The molecule has 0 amide bonds. The molecule has 0 fully saturated rings. The van der Waals surface area contributed by atoms with Crippen LogP contribution in [0.15, 0.2) is 18.2 Å². The van der Waals surface area contributed by atoms with Crippen molar-refractivity contribution >= 4 is 23.9 Å². The van der Waals surface area contributed by atoms with E-state index in [0.717, 1.165) is 12.1 Å². The molecule has 4 N–H and O–H groups in total. The van der Waals surface area contributed by atoms with Crippen molar-refractivity contribution in [3.8, 4) is 11.1 Å². The summed E-state index contributed by atoms with van der Waals surface area (Å²) in [6.07, 6.45) is 0. The smallest absolute Gasteiger partial charge is 0.336 e. The van der Waals surface area contributed by atoms with Crippen LogP contribution >= 0.6 is 0 Å². The van der Waals surface area contributed by atoms with Gasteiger partial charge in [0.2, 0.25) is 0 Å². The quantitative estimate of drug-likeness (QED) is 0.625. The summed E-state index contributed by atoms with van der Waals surface area (Å²) < 4.78 is 0. The van der Waals surface area contributed by atoms with Gasteiger partial charge in [0, 0.05) is 5.56 Å². The Hall–Kier alpha value is -3.68. The maximum atomic E-state index is 11.7. The van der Waals surface area contributed by atoms with E-state index in [1.54, 1.807) is 20.8 Å². The molecule has 2 aromatic carbocycles. The lowest BCUT2D eigenvalue weighted by Crippen LogP contribution is -2.13. The fraction of sp³-hybridized carbons (Fsp3) is 0.158. The highest BCUT2D eigenvalue weighted by molar-refractivity contribution is 6.08. The lowest BCUT2D eigenvalue weighted by molar-refractivity contribution is 0.0680. The van der Waals surface area contributed by atoms with Gasteiger partial charge in [-0.25, -0.2) is 19.2 Å². The third-order valence-corrected chi connectivity index (χ3v) is 4.57. The molecule has 0 heterocycles. The molecule has 0 radical (unpaired) electrons. The third-order valence-electron chi connectivity index (χ3n) is 4.57. The molecule has 2 rings (SSSR count). The molecule has 0 aliphatic rings. The van der Waals surface area contributed by atoms with Gasteiger partial charge in [0.1, 0.15) is 0 Å². The van der Waals surface area contributed by atoms with Gasteiger partial charge in [-0.15, -0.1) is 0 Å². The first-order chi connectivity index (χ1) is 12.5. The summed E-state index contributed by atoms with van der Waals surface area (Å²) >= 11 is 0. The Morgan fingerprint density at radius 1 is 0.593 bits per heavy atom. The highest BCUT2D eigenvalue weighted by atomic mass is 16.4. The summed E-state index contributed by atoms with van der Waals surface area (Å²) in [7, 11) is 0. The fourth-order valence-electron chi connectivity index (χ4n) is 2.92. The molecule has 8 heteroatoms. The van der Waals surface area contributed by atoms with Crippen molar-refractivity contribution in [3.63, 3.8) is 0 Å². The summed E-state index contributed by atoms with van der Waals surface area (Å²) in [4.78, 5) is 46.2. The first-order valence-corrected chi connectivity index (χ1v) is 7.69. The van der Waals surface area contributed by atoms with Crippen molar-refractivity contribution in [2.45, 2.75) is 20.8 Å². The molecule has 8 nitrogen and oxygen atoms in total. The minimum Gasteiger partial charge on any atom is -0.478 e. The SMILES string of the molecule is Cc1c(C(=O)O)cc(-c2c(C(=O)O)cc(C(=O)O)cc2C(=O)O)c(C)c1C. The fourth-order valence-corrected chi connectivity index (χ4v) is 2.92. The monoisotopic (exact) mass is 372 g/mol. The molecule has 27 heavy (non-hydrogen) atoms. The van der Waals surface area contributed by atoms with Gasteiger partial charge in [-0.05, 0) is 61.2 Å². The second-order valence-corrected chi connectivity index (χ2v) is 6.01. The molecule has 2 aromatic rings. The Bertz CT molecular complexity index is 982. The summed E-state index contributed by atoms with van der Waals surface area (Å²) in [5.74, 6) is -5.77. The number of hydrogen-bond acceptors (Lipinski definition) is 4. The zero-order valence-electron chi connectivity index (χ0n) is 14.7. The van der Waals surface area contributed by atoms with Crippen LogP contribution < -0.4 is 0 Å². The number of rotatable bonds is 5. The number of aromatic carboxylic acids is 4. The minimum atomic E-state index is -1.52. The maximum absolute atomic E-state index is 11.7. The van der Waals surface area contributed by atoms with Crippen LogP contribution in [-0.2, 0) is 0 Å². The van der Waals surface area contributed by atoms with E-state index in [0.29, 0.717) is 16.7 Å². The van der Waals surface area contributed by atoms with Crippen molar-refractivity contribution in [2.24, 2.45) is 0 Å². The standard InChI is InChI=1S/C19H16O8/c1-7-8(2)11(6-12(9(7)3)17(22)23)15-13(18(24)25)4-10(16(20)21)5-14(15)19(26)27/h4-6H,1-3H3,(H,20,21)(H,22,23)(H,24,25)(H,26,27). The van der Waals surface area contributed by atoms with Crippen LogP contribution in [0.4, 0.5) is 0 Å². The van der Waals surface area contributed by atoms with Crippen LogP contribution in [0, 0.1) is 20.8 Å². The predicted molar refractivity (Wildman–Crippen MR) is 93.9 cm³/mol. The van der Waals surface area contributed by atoms with Crippen LogP contribution in [0.1, 0.15) is 58.1 Å². The zero-order chi connectivity index (χ0) is 20.6. The Morgan fingerprint density at radius 3 is 1.41 bits per heavy atom. The lowest BCUT2D eigenvalue weighted by Gasteiger charge is -2.18. The van der Waals surface area contributed by atoms with Gasteiger partial charge in [0.15, 0.2) is 0 Å². The van der Waals surface area contributed by atoms with Crippen molar-refractivity contribution in [1.29, 1.82) is 0 Å². The van der Waals surface area contributed by atoms with Gasteiger partial charge in [0.25, 0.3) is 0 Å². The van der Waals surface area contributed by atoms with Gasteiger partial charge < -0.3 is 20.4 Å². The van der Waals surface area contributed by atoms with Crippen LogP contribution in [-0.4, -0.2) is 44.3 Å². The first-order valence-electron chi connectivity index (χ1n) is 7.69. The summed E-state index contributed by atoms with van der Waals surface area (Å²) in [5.41, 5.74) is -0.225. The molecular weight excluding hydrogens is 356 g/mol. The lowest BCUT2D eigenvalue weighted by atomic mass is 9.85. The highest BCUT2D eigenvalue weighted by Crippen LogP contribution is 2.35. The molecule has 0 atom stereocenters. The molecule has 0 spiro atoms. The van der Waals surface area contributed by atoms with E-state index in [1.807, 2.05) is 0 Å². The molecule has 140 valence electrons. The molecule has 0 aromatic heterocycles. The summed E-state index contributed by atoms with van der Waals surface area (Å²) in [6.45, 7) is 4.86. The van der Waals surface area contributed by atoms with Gasteiger partial charge in [-0.1, -0.05) is 0 Å². The van der Waals surface area contributed by atoms with Crippen LogP contribution in [0.3, 0.4) is 0 Å². The van der Waals surface area contributed by atoms with E-state index in [9.17, 15) is 34.5 Å². The number of benzene rings is 2. The number of carboxylic acids is 4. The Balaban J connectivity index is 3.06. The van der Waals surface area contributed by atoms with Gasteiger partial charge in [-0.3, -0.25) is 0 Å². The van der Waals surface area contributed by atoms with E-state index < -0.39 is 40.6 Å². The summed E-state index contributed by atoms with van der Waals surface area (Å²) in [6, 6.07) is 2.94. The topological polar surface area (TPSA) is 149 Å². The largest absolute Gasteiger partial charge is 0.478 e. The van der Waals surface area contributed by atoms with E-state index >= 15 is 0 Å². The van der Waals surface area contributed by atoms with E-state index in [-0.39, 0.29) is 16.7 Å².